The largest absolute Gasteiger partial charge is 0.399 e. The van der Waals surface area contributed by atoms with Gasteiger partial charge in [-0.05, 0) is 31.5 Å². The van der Waals surface area contributed by atoms with Gasteiger partial charge in [-0.2, -0.15) is 0 Å². The molecule has 1 heterocycles. The van der Waals surface area contributed by atoms with E-state index in [9.17, 15) is 8.42 Å². The van der Waals surface area contributed by atoms with E-state index < -0.39 is 10.0 Å². The molecule has 3 N–H and O–H groups in total. The number of benzene rings is 1. The van der Waals surface area contributed by atoms with E-state index in [4.69, 9.17) is 17.3 Å². The van der Waals surface area contributed by atoms with Crippen molar-refractivity contribution in [3.8, 4) is 0 Å². The van der Waals surface area contributed by atoms with Crippen molar-refractivity contribution in [1.82, 2.24) is 4.98 Å². The van der Waals surface area contributed by atoms with Crippen LogP contribution in [0.5, 0.6) is 0 Å². The monoisotopic (exact) mass is 331 g/mol. The summed E-state index contributed by atoms with van der Waals surface area (Å²) in [6.07, 6.45) is 0.757. The smallest absolute Gasteiger partial charge is 0.265 e. The number of aryl methyl sites for hydroxylation is 2. The first kappa shape index (κ1) is 15.1. The Balaban J connectivity index is 2.35. The van der Waals surface area contributed by atoms with Crippen LogP contribution in [0.3, 0.4) is 0 Å². The third-order valence-electron chi connectivity index (χ3n) is 2.69. The van der Waals surface area contributed by atoms with Crippen molar-refractivity contribution in [2.75, 3.05) is 10.5 Å². The molecule has 0 atom stereocenters. The number of rotatable bonds is 4. The van der Waals surface area contributed by atoms with Crippen LogP contribution in [0.2, 0.25) is 5.02 Å². The number of hydrogen-bond acceptors (Lipinski definition) is 5. The number of hydrogen-bond donors (Lipinski definition) is 2. The Labute approximate surface area is 126 Å². The van der Waals surface area contributed by atoms with Gasteiger partial charge in [-0.1, -0.05) is 18.5 Å². The summed E-state index contributed by atoms with van der Waals surface area (Å²) >= 11 is 7.23. The van der Waals surface area contributed by atoms with Crippen molar-refractivity contribution in [2.45, 2.75) is 25.2 Å². The maximum absolute atomic E-state index is 12.3. The van der Waals surface area contributed by atoms with Gasteiger partial charge in [-0.25, -0.2) is 13.4 Å². The molecule has 0 spiro atoms. The fraction of sp³-hybridized carbons (Fsp3) is 0.250. The lowest BCUT2D eigenvalue weighted by Crippen LogP contribution is -2.13. The predicted molar refractivity (Wildman–Crippen MR) is 82.9 cm³/mol. The number of anilines is 2. The summed E-state index contributed by atoms with van der Waals surface area (Å²) in [7, 11) is -3.76. The third-order valence-corrected chi connectivity index (χ3v) is 5.57. The molecule has 0 aliphatic heterocycles. The number of nitrogens with zero attached hydrogens (tertiary/aromatic N) is 1. The van der Waals surface area contributed by atoms with E-state index in [2.05, 4.69) is 9.71 Å². The van der Waals surface area contributed by atoms with Crippen molar-refractivity contribution in [3.63, 3.8) is 0 Å². The van der Waals surface area contributed by atoms with E-state index in [0.717, 1.165) is 17.0 Å². The highest BCUT2D eigenvalue weighted by Crippen LogP contribution is 2.28. The summed E-state index contributed by atoms with van der Waals surface area (Å²) < 4.78 is 27.0. The fourth-order valence-corrected chi connectivity index (χ4v) is 4.40. The van der Waals surface area contributed by atoms with Gasteiger partial charge in [0.15, 0.2) is 5.13 Å². The van der Waals surface area contributed by atoms with Gasteiger partial charge in [-0.15, -0.1) is 11.3 Å². The molecule has 0 radical (unpaired) electrons. The second-order valence-corrected chi connectivity index (χ2v) is 7.43. The Hall–Kier alpha value is -1.31. The summed E-state index contributed by atoms with van der Waals surface area (Å²) in [4.78, 5) is 5.23. The van der Waals surface area contributed by atoms with Crippen molar-refractivity contribution in [1.29, 1.82) is 0 Å². The Kier molecular flexibility index (Phi) is 4.22. The minimum absolute atomic E-state index is 0.0146. The summed E-state index contributed by atoms with van der Waals surface area (Å²) in [6, 6.07) is 4.27. The zero-order chi connectivity index (χ0) is 14.9. The van der Waals surface area contributed by atoms with Crippen LogP contribution in [0.25, 0.3) is 0 Å². The molecule has 108 valence electrons. The SMILES string of the molecule is CCc1nc(NS(=O)(=O)c2ccc(N)cc2Cl)sc1C. The number of sulfonamides is 1. The molecule has 0 bridgehead atoms. The molecule has 0 unspecified atom stereocenters. The van der Waals surface area contributed by atoms with Gasteiger partial charge in [-0.3, -0.25) is 4.72 Å². The number of nitrogens with one attached hydrogen (secondary N) is 1. The van der Waals surface area contributed by atoms with E-state index in [0.29, 0.717) is 10.8 Å². The molecule has 0 fully saturated rings. The number of thiazole rings is 1. The maximum Gasteiger partial charge on any atom is 0.265 e. The van der Waals surface area contributed by atoms with Crippen LogP contribution in [-0.4, -0.2) is 13.4 Å². The Bertz CT molecular complexity index is 741. The van der Waals surface area contributed by atoms with E-state index in [1.165, 1.54) is 29.5 Å². The summed E-state index contributed by atoms with van der Waals surface area (Å²) in [5.74, 6) is 0. The molecular formula is C12H14ClN3O2S2. The van der Waals surface area contributed by atoms with Gasteiger partial charge in [0.1, 0.15) is 4.90 Å². The number of nitrogen functional groups attached to an aromatic ring is 1. The molecule has 0 saturated heterocycles. The molecule has 20 heavy (non-hydrogen) atoms. The zero-order valence-electron chi connectivity index (χ0n) is 11.0. The lowest BCUT2D eigenvalue weighted by Gasteiger charge is -2.07. The lowest BCUT2D eigenvalue weighted by molar-refractivity contribution is 0.601. The van der Waals surface area contributed by atoms with Gasteiger partial charge >= 0.3 is 0 Å². The molecule has 0 saturated carbocycles. The van der Waals surface area contributed by atoms with Gasteiger partial charge in [0.25, 0.3) is 10.0 Å². The molecule has 0 amide bonds. The molecule has 0 aliphatic rings. The Morgan fingerprint density at radius 3 is 2.70 bits per heavy atom. The Morgan fingerprint density at radius 2 is 2.15 bits per heavy atom. The summed E-state index contributed by atoms with van der Waals surface area (Å²) in [6.45, 7) is 3.88. The predicted octanol–water partition coefficient (Wildman–Crippen LogP) is 3.05. The first-order valence-corrected chi connectivity index (χ1v) is 8.55. The second-order valence-electron chi connectivity index (χ2n) is 4.17. The quantitative estimate of drug-likeness (QED) is 0.843. The van der Waals surface area contributed by atoms with Crippen LogP contribution in [0.4, 0.5) is 10.8 Å². The molecule has 2 aromatic rings. The van der Waals surface area contributed by atoms with Crippen molar-refractivity contribution in [3.05, 3.63) is 33.8 Å². The number of nitrogens with two attached hydrogens (primary N) is 1. The van der Waals surface area contributed by atoms with Crippen LogP contribution in [-0.2, 0) is 16.4 Å². The summed E-state index contributed by atoms with van der Waals surface area (Å²) in [5.41, 5.74) is 6.85. The van der Waals surface area contributed by atoms with Crippen LogP contribution >= 0.6 is 22.9 Å². The van der Waals surface area contributed by atoms with Crippen LogP contribution in [0.1, 0.15) is 17.5 Å². The van der Waals surface area contributed by atoms with Gasteiger partial charge in [0.2, 0.25) is 0 Å². The molecule has 1 aromatic carbocycles. The standard InChI is InChI=1S/C12H14ClN3O2S2/c1-3-10-7(2)19-12(15-10)16-20(17,18)11-5-4-8(14)6-9(11)13/h4-6H,3,14H2,1-2H3,(H,15,16). The van der Waals surface area contributed by atoms with E-state index in [1.807, 2.05) is 13.8 Å². The van der Waals surface area contributed by atoms with Gasteiger partial charge < -0.3 is 5.73 Å². The Morgan fingerprint density at radius 1 is 1.45 bits per heavy atom. The average molecular weight is 332 g/mol. The van der Waals surface area contributed by atoms with E-state index in [-0.39, 0.29) is 9.92 Å². The normalized spacial score (nSPS) is 11.6. The van der Waals surface area contributed by atoms with E-state index >= 15 is 0 Å². The number of halogens is 1. The van der Waals surface area contributed by atoms with Crippen molar-refractivity contribution >= 4 is 43.8 Å². The average Bonchev–Trinajstić information content (AvgIpc) is 2.67. The molecule has 8 heteroatoms. The highest BCUT2D eigenvalue weighted by Gasteiger charge is 2.20. The molecule has 2 rings (SSSR count). The van der Waals surface area contributed by atoms with Crippen LogP contribution in [0.15, 0.2) is 23.1 Å². The van der Waals surface area contributed by atoms with Crippen molar-refractivity contribution < 1.29 is 8.42 Å². The molecular weight excluding hydrogens is 318 g/mol. The van der Waals surface area contributed by atoms with E-state index in [1.54, 1.807) is 0 Å². The third kappa shape index (κ3) is 3.05. The summed E-state index contributed by atoms with van der Waals surface area (Å²) in [5, 5.41) is 0.425. The van der Waals surface area contributed by atoms with Crippen molar-refractivity contribution in [2.24, 2.45) is 0 Å². The topological polar surface area (TPSA) is 85.1 Å². The highest BCUT2D eigenvalue weighted by atomic mass is 35.5. The zero-order valence-corrected chi connectivity index (χ0v) is 13.4. The molecule has 5 nitrogen and oxygen atoms in total. The van der Waals surface area contributed by atoms with Crippen LogP contribution in [0, 0.1) is 6.92 Å². The van der Waals surface area contributed by atoms with Gasteiger partial charge in [0, 0.05) is 10.6 Å². The number of aromatic nitrogens is 1. The first-order chi connectivity index (χ1) is 9.33. The molecule has 1 aromatic heterocycles. The van der Waals surface area contributed by atoms with Crippen LogP contribution < -0.4 is 10.5 Å². The minimum Gasteiger partial charge on any atom is -0.399 e. The highest BCUT2D eigenvalue weighted by molar-refractivity contribution is 7.93. The van der Waals surface area contributed by atoms with Gasteiger partial charge in [0.05, 0.1) is 10.7 Å². The first-order valence-electron chi connectivity index (χ1n) is 5.87. The minimum atomic E-state index is -3.76. The second kappa shape index (κ2) is 5.59. The lowest BCUT2D eigenvalue weighted by atomic mass is 10.3. The maximum atomic E-state index is 12.3. The fourth-order valence-electron chi connectivity index (χ4n) is 1.70. The molecule has 0 aliphatic carbocycles.